The lowest BCUT2D eigenvalue weighted by atomic mass is 10.1. The average molecular weight is 239 g/mol. The number of hydrogen-bond acceptors (Lipinski definition) is 3. The highest BCUT2D eigenvalue weighted by Crippen LogP contribution is 2.22. The van der Waals surface area contributed by atoms with Crippen LogP contribution in [0.1, 0.15) is 17.3 Å². The van der Waals surface area contributed by atoms with Gasteiger partial charge in [0.2, 0.25) is 0 Å². The number of amides is 1. The molecule has 2 rings (SSSR count). The summed E-state index contributed by atoms with van der Waals surface area (Å²) in [5.41, 5.74) is -0.262. The Hall–Kier alpha value is -1.62. The summed E-state index contributed by atoms with van der Waals surface area (Å²) in [7, 11) is 0. The fourth-order valence-electron chi connectivity index (χ4n) is 1.89. The summed E-state index contributed by atoms with van der Waals surface area (Å²) in [5, 5.41) is 9.54. The van der Waals surface area contributed by atoms with Crippen LogP contribution in [0.2, 0.25) is 0 Å². The Kier molecular flexibility index (Phi) is 3.28. The molecular formula is C12H14FNO3. The third-order valence-corrected chi connectivity index (χ3v) is 2.73. The lowest BCUT2D eigenvalue weighted by molar-refractivity contribution is -0.0126. The van der Waals surface area contributed by atoms with Crippen LogP contribution in [0.15, 0.2) is 18.2 Å². The van der Waals surface area contributed by atoms with Gasteiger partial charge < -0.3 is 14.7 Å². The number of aromatic hydroxyl groups is 1. The van der Waals surface area contributed by atoms with Crippen molar-refractivity contribution in [1.82, 2.24) is 4.90 Å². The topological polar surface area (TPSA) is 49.8 Å². The number of carbonyl (C=O) groups is 1. The molecule has 0 radical (unpaired) electrons. The highest BCUT2D eigenvalue weighted by atomic mass is 19.1. The summed E-state index contributed by atoms with van der Waals surface area (Å²) in [6.45, 7) is 3.10. The third kappa shape index (κ3) is 2.39. The molecule has 1 amide bonds. The van der Waals surface area contributed by atoms with E-state index >= 15 is 0 Å². The van der Waals surface area contributed by atoms with E-state index in [0.717, 1.165) is 6.07 Å². The molecule has 17 heavy (non-hydrogen) atoms. The Balaban J connectivity index is 2.24. The molecule has 0 saturated carbocycles. The zero-order chi connectivity index (χ0) is 12.4. The zero-order valence-corrected chi connectivity index (χ0v) is 9.52. The molecule has 0 bridgehead atoms. The van der Waals surface area contributed by atoms with Gasteiger partial charge in [0.05, 0.1) is 12.7 Å². The number of ether oxygens (including phenoxy) is 1. The van der Waals surface area contributed by atoms with Crippen LogP contribution >= 0.6 is 0 Å². The van der Waals surface area contributed by atoms with E-state index in [0.29, 0.717) is 19.7 Å². The van der Waals surface area contributed by atoms with Crippen molar-refractivity contribution in [1.29, 1.82) is 0 Å². The van der Waals surface area contributed by atoms with Crippen molar-refractivity contribution in [2.24, 2.45) is 0 Å². The van der Waals surface area contributed by atoms with E-state index in [2.05, 4.69) is 0 Å². The Bertz CT molecular complexity index is 416. The maximum atomic E-state index is 13.5. The van der Waals surface area contributed by atoms with Crippen LogP contribution in [0.3, 0.4) is 0 Å². The molecule has 1 aromatic carbocycles. The maximum absolute atomic E-state index is 13.5. The number of carbonyl (C=O) groups excluding carboxylic acids is 1. The molecule has 1 aliphatic heterocycles. The van der Waals surface area contributed by atoms with E-state index in [1.165, 1.54) is 17.0 Å². The zero-order valence-electron chi connectivity index (χ0n) is 9.52. The first-order valence-corrected chi connectivity index (χ1v) is 5.48. The van der Waals surface area contributed by atoms with E-state index in [1.54, 1.807) is 0 Å². The first kappa shape index (κ1) is 11.9. The van der Waals surface area contributed by atoms with Crippen molar-refractivity contribution in [2.75, 3.05) is 19.7 Å². The van der Waals surface area contributed by atoms with E-state index in [1.807, 2.05) is 6.92 Å². The molecule has 0 spiro atoms. The molecule has 4 nitrogen and oxygen atoms in total. The van der Waals surface area contributed by atoms with Crippen LogP contribution in [0.25, 0.3) is 0 Å². The summed E-state index contributed by atoms with van der Waals surface area (Å²) >= 11 is 0. The second kappa shape index (κ2) is 4.71. The van der Waals surface area contributed by atoms with Crippen LogP contribution < -0.4 is 0 Å². The van der Waals surface area contributed by atoms with Crippen molar-refractivity contribution >= 4 is 5.91 Å². The van der Waals surface area contributed by atoms with Gasteiger partial charge in [-0.2, -0.15) is 0 Å². The van der Waals surface area contributed by atoms with Gasteiger partial charge in [0.1, 0.15) is 17.1 Å². The summed E-state index contributed by atoms with van der Waals surface area (Å²) < 4.78 is 18.8. The minimum Gasteiger partial charge on any atom is -0.507 e. The van der Waals surface area contributed by atoms with Crippen molar-refractivity contribution in [3.05, 3.63) is 29.6 Å². The van der Waals surface area contributed by atoms with Gasteiger partial charge in [-0.25, -0.2) is 4.39 Å². The number of phenolic OH excluding ortho intramolecular Hbond substituents is 1. The Morgan fingerprint density at radius 3 is 3.00 bits per heavy atom. The SMILES string of the molecule is CC1CN(C(=O)c2c(O)cccc2F)CCO1. The van der Waals surface area contributed by atoms with Gasteiger partial charge in [-0.3, -0.25) is 4.79 Å². The molecule has 1 unspecified atom stereocenters. The predicted octanol–water partition coefficient (Wildman–Crippen LogP) is 1.39. The second-order valence-corrected chi connectivity index (χ2v) is 4.07. The van der Waals surface area contributed by atoms with E-state index in [4.69, 9.17) is 4.74 Å². The van der Waals surface area contributed by atoms with Crippen LogP contribution in [-0.4, -0.2) is 41.7 Å². The van der Waals surface area contributed by atoms with Gasteiger partial charge in [-0.1, -0.05) is 6.07 Å². The van der Waals surface area contributed by atoms with E-state index in [-0.39, 0.29) is 17.4 Å². The Morgan fingerprint density at radius 2 is 2.35 bits per heavy atom. The molecule has 1 heterocycles. The number of rotatable bonds is 1. The predicted molar refractivity (Wildman–Crippen MR) is 59.4 cm³/mol. The first-order chi connectivity index (χ1) is 8.09. The van der Waals surface area contributed by atoms with Crippen molar-refractivity contribution < 1.29 is 19.0 Å². The molecular weight excluding hydrogens is 225 g/mol. The smallest absolute Gasteiger partial charge is 0.260 e. The summed E-state index contributed by atoms with van der Waals surface area (Å²) in [4.78, 5) is 13.5. The first-order valence-electron chi connectivity index (χ1n) is 5.48. The fraction of sp³-hybridized carbons (Fsp3) is 0.417. The van der Waals surface area contributed by atoms with E-state index < -0.39 is 11.7 Å². The Labute approximate surface area is 98.6 Å². The molecule has 1 aromatic rings. The van der Waals surface area contributed by atoms with Gasteiger partial charge in [-0.15, -0.1) is 0 Å². The molecule has 92 valence electrons. The number of benzene rings is 1. The molecule has 5 heteroatoms. The molecule has 1 atom stereocenters. The van der Waals surface area contributed by atoms with Gasteiger partial charge >= 0.3 is 0 Å². The fourth-order valence-corrected chi connectivity index (χ4v) is 1.89. The van der Waals surface area contributed by atoms with Crippen molar-refractivity contribution in [3.8, 4) is 5.75 Å². The van der Waals surface area contributed by atoms with Crippen LogP contribution in [0.4, 0.5) is 4.39 Å². The average Bonchev–Trinajstić information content (AvgIpc) is 2.28. The van der Waals surface area contributed by atoms with Gasteiger partial charge in [0, 0.05) is 13.1 Å². The summed E-state index contributed by atoms with van der Waals surface area (Å²) in [5.74, 6) is -1.51. The summed E-state index contributed by atoms with van der Waals surface area (Å²) in [6, 6.07) is 3.83. The summed E-state index contributed by atoms with van der Waals surface area (Å²) in [6.07, 6.45) is -0.0679. The lowest BCUT2D eigenvalue weighted by Crippen LogP contribution is -2.44. The largest absolute Gasteiger partial charge is 0.507 e. The number of halogens is 1. The highest BCUT2D eigenvalue weighted by Gasteiger charge is 2.26. The third-order valence-electron chi connectivity index (χ3n) is 2.73. The van der Waals surface area contributed by atoms with Crippen LogP contribution in [0, 0.1) is 5.82 Å². The molecule has 1 N–H and O–H groups in total. The minimum absolute atomic E-state index is 0.0679. The minimum atomic E-state index is -0.700. The van der Waals surface area contributed by atoms with Crippen LogP contribution in [-0.2, 0) is 4.74 Å². The normalized spacial score (nSPS) is 20.4. The second-order valence-electron chi connectivity index (χ2n) is 4.07. The van der Waals surface area contributed by atoms with Crippen molar-refractivity contribution in [3.63, 3.8) is 0 Å². The quantitative estimate of drug-likeness (QED) is 0.805. The maximum Gasteiger partial charge on any atom is 0.260 e. The lowest BCUT2D eigenvalue weighted by Gasteiger charge is -2.31. The number of morpholine rings is 1. The van der Waals surface area contributed by atoms with Gasteiger partial charge in [0.15, 0.2) is 0 Å². The van der Waals surface area contributed by atoms with Gasteiger partial charge in [0.25, 0.3) is 5.91 Å². The van der Waals surface area contributed by atoms with Crippen molar-refractivity contribution in [2.45, 2.75) is 13.0 Å². The molecule has 0 aliphatic carbocycles. The number of phenols is 1. The molecule has 0 aromatic heterocycles. The standard InChI is InChI=1S/C12H14FNO3/c1-8-7-14(5-6-17-8)12(16)11-9(13)3-2-4-10(11)15/h2-4,8,15H,5-7H2,1H3. The number of nitrogens with zero attached hydrogens (tertiary/aromatic N) is 1. The monoisotopic (exact) mass is 239 g/mol. The van der Waals surface area contributed by atoms with Gasteiger partial charge in [-0.05, 0) is 19.1 Å². The van der Waals surface area contributed by atoms with E-state index in [9.17, 15) is 14.3 Å². The van der Waals surface area contributed by atoms with Crippen LogP contribution in [0.5, 0.6) is 5.75 Å². The number of hydrogen-bond donors (Lipinski definition) is 1. The Morgan fingerprint density at radius 1 is 1.59 bits per heavy atom. The molecule has 1 fully saturated rings. The molecule has 1 saturated heterocycles. The molecule has 1 aliphatic rings. The highest BCUT2D eigenvalue weighted by molar-refractivity contribution is 5.97.